The number of hydrogen-bond acceptors (Lipinski definition) is 3. The summed E-state index contributed by atoms with van der Waals surface area (Å²) in [6.07, 6.45) is 4.80. The van der Waals surface area contributed by atoms with Crippen molar-refractivity contribution in [2.45, 2.75) is 52.0 Å². The van der Waals surface area contributed by atoms with Crippen LogP contribution >= 0.6 is 0 Å². The van der Waals surface area contributed by atoms with E-state index in [1.165, 1.54) is 0 Å². The number of carbonyl (C=O) groups is 1. The summed E-state index contributed by atoms with van der Waals surface area (Å²) in [5.74, 6) is 0.992. The number of nitrogens with two attached hydrogens (primary N) is 1. The van der Waals surface area contributed by atoms with Crippen molar-refractivity contribution in [1.29, 1.82) is 0 Å². The second-order valence-electron chi connectivity index (χ2n) is 5.94. The number of aryl methyl sites for hydroxylation is 1. The Morgan fingerprint density at radius 2 is 2.24 bits per heavy atom. The van der Waals surface area contributed by atoms with E-state index >= 15 is 0 Å². The fourth-order valence-corrected chi connectivity index (χ4v) is 2.79. The summed E-state index contributed by atoms with van der Waals surface area (Å²) in [4.78, 5) is 12.3. The third kappa shape index (κ3) is 4.46. The van der Waals surface area contributed by atoms with Crippen LogP contribution in [0.1, 0.15) is 44.6 Å². The Bertz CT molecular complexity index is 488. The van der Waals surface area contributed by atoms with Gasteiger partial charge in [-0.15, -0.1) is 0 Å². The van der Waals surface area contributed by atoms with Crippen molar-refractivity contribution in [2.24, 2.45) is 11.7 Å². The fraction of sp³-hybridized carbons (Fsp3) is 0.588. The summed E-state index contributed by atoms with van der Waals surface area (Å²) in [6, 6.07) is 5.96. The van der Waals surface area contributed by atoms with Crippen molar-refractivity contribution in [2.75, 3.05) is 11.9 Å². The summed E-state index contributed by atoms with van der Waals surface area (Å²) in [7, 11) is 0. The van der Waals surface area contributed by atoms with Gasteiger partial charge in [0.1, 0.15) is 5.75 Å². The molecule has 0 saturated heterocycles. The van der Waals surface area contributed by atoms with Crippen molar-refractivity contribution in [3.63, 3.8) is 0 Å². The lowest BCUT2D eigenvalue weighted by Crippen LogP contribution is -2.34. The lowest BCUT2D eigenvalue weighted by atomic mass is 9.85. The standard InChI is InChI=1S/C17H26N2O2/c1-3-9-21-15-7-8-16(12(2)10-15)19-17(20)13-5-4-6-14(18)11-13/h7-8,10,13-14H,3-6,9,11,18H2,1-2H3,(H,19,20). The van der Waals surface area contributed by atoms with E-state index in [1.807, 2.05) is 25.1 Å². The average Bonchev–Trinajstić information content (AvgIpc) is 2.47. The molecule has 21 heavy (non-hydrogen) atoms. The lowest BCUT2D eigenvalue weighted by molar-refractivity contribution is -0.120. The summed E-state index contributed by atoms with van der Waals surface area (Å²) in [5, 5.41) is 3.03. The van der Waals surface area contributed by atoms with Crippen LogP contribution in [0, 0.1) is 12.8 Å². The van der Waals surface area contributed by atoms with Gasteiger partial charge in [-0.05, 0) is 56.4 Å². The smallest absolute Gasteiger partial charge is 0.227 e. The van der Waals surface area contributed by atoms with E-state index in [0.29, 0.717) is 6.61 Å². The highest BCUT2D eigenvalue weighted by Crippen LogP contribution is 2.26. The Kier molecular flexibility index (Phi) is 5.62. The van der Waals surface area contributed by atoms with Gasteiger partial charge in [0.2, 0.25) is 5.91 Å². The Labute approximate surface area is 127 Å². The Morgan fingerprint density at radius 3 is 2.90 bits per heavy atom. The number of rotatable bonds is 5. The van der Waals surface area contributed by atoms with Crippen LogP contribution in [0.2, 0.25) is 0 Å². The summed E-state index contributed by atoms with van der Waals surface area (Å²) >= 11 is 0. The van der Waals surface area contributed by atoms with Crippen LogP contribution in [0.3, 0.4) is 0 Å². The Morgan fingerprint density at radius 1 is 1.43 bits per heavy atom. The number of anilines is 1. The Balaban J connectivity index is 1.97. The predicted molar refractivity (Wildman–Crippen MR) is 85.5 cm³/mol. The van der Waals surface area contributed by atoms with Gasteiger partial charge < -0.3 is 15.8 Å². The molecule has 1 aliphatic rings. The molecule has 0 spiro atoms. The molecule has 1 aromatic rings. The number of carbonyl (C=O) groups excluding carboxylic acids is 1. The SMILES string of the molecule is CCCOc1ccc(NC(=O)C2CCCC(N)C2)c(C)c1. The largest absolute Gasteiger partial charge is 0.494 e. The van der Waals surface area contributed by atoms with Crippen LogP contribution in [0.4, 0.5) is 5.69 Å². The quantitative estimate of drug-likeness (QED) is 0.875. The Hall–Kier alpha value is -1.55. The van der Waals surface area contributed by atoms with Crippen LogP contribution in [-0.2, 0) is 4.79 Å². The van der Waals surface area contributed by atoms with E-state index in [-0.39, 0.29) is 17.9 Å². The normalized spacial score (nSPS) is 21.9. The molecule has 2 unspecified atom stereocenters. The minimum Gasteiger partial charge on any atom is -0.494 e. The summed E-state index contributed by atoms with van der Waals surface area (Å²) in [6.45, 7) is 4.78. The van der Waals surface area contributed by atoms with Crippen LogP contribution in [0.5, 0.6) is 5.75 Å². The van der Waals surface area contributed by atoms with E-state index in [2.05, 4.69) is 12.2 Å². The lowest BCUT2D eigenvalue weighted by Gasteiger charge is -2.26. The van der Waals surface area contributed by atoms with Crippen LogP contribution in [0.25, 0.3) is 0 Å². The zero-order valence-corrected chi connectivity index (χ0v) is 13.0. The first kappa shape index (κ1) is 15.8. The molecule has 2 rings (SSSR count). The highest BCUT2D eigenvalue weighted by molar-refractivity contribution is 5.93. The maximum absolute atomic E-state index is 12.3. The van der Waals surface area contributed by atoms with Crippen molar-refractivity contribution in [1.82, 2.24) is 0 Å². The number of amides is 1. The topological polar surface area (TPSA) is 64.3 Å². The minimum atomic E-state index is 0.0455. The molecule has 0 aromatic heterocycles. The van der Waals surface area contributed by atoms with Crippen LogP contribution < -0.4 is 15.8 Å². The highest BCUT2D eigenvalue weighted by atomic mass is 16.5. The molecule has 3 N–H and O–H groups in total. The van der Waals surface area contributed by atoms with Crippen molar-refractivity contribution in [3.05, 3.63) is 23.8 Å². The number of benzene rings is 1. The molecule has 0 radical (unpaired) electrons. The molecular formula is C17H26N2O2. The van der Waals surface area contributed by atoms with E-state index in [0.717, 1.165) is 49.1 Å². The van der Waals surface area contributed by atoms with Gasteiger partial charge in [0.05, 0.1) is 6.61 Å². The minimum absolute atomic E-state index is 0.0455. The highest BCUT2D eigenvalue weighted by Gasteiger charge is 2.25. The maximum atomic E-state index is 12.3. The van der Waals surface area contributed by atoms with E-state index in [4.69, 9.17) is 10.5 Å². The first-order chi connectivity index (χ1) is 10.1. The van der Waals surface area contributed by atoms with Gasteiger partial charge in [0.25, 0.3) is 0 Å². The summed E-state index contributed by atoms with van der Waals surface area (Å²) in [5.41, 5.74) is 7.84. The van der Waals surface area contributed by atoms with Gasteiger partial charge in [0.15, 0.2) is 0 Å². The second kappa shape index (κ2) is 7.46. The molecule has 4 heteroatoms. The molecule has 1 saturated carbocycles. The molecule has 1 aliphatic carbocycles. The fourth-order valence-electron chi connectivity index (χ4n) is 2.79. The van der Waals surface area contributed by atoms with Gasteiger partial charge in [-0.25, -0.2) is 0 Å². The molecular weight excluding hydrogens is 264 g/mol. The molecule has 1 aromatic carbocycles. The number of nitrogens with one attached hydrogen (secondary N) is 1. The van der Waals surface area contributed by atoms with E-state index < -0.39 is 0 Å². The van der Waals surface area contributed by atoms with Gasteiger partial charge in [-0.1, -0.05) is 13.3 Å². The monoisotopic (exact) mass is 290 g/mol. The van der Waals surface area contributed by atoms with Crippen molar-refractivity contribution >= 4 is 11.6 Å². The van der Waals surface area contributed by atoms with E-state index in [9.17, 15) is 4.79 Å². The van der Waals surface area contributed by atoms with Crippen LogP contribution in [0.15, 0.2) is 18.2 Å². The third-order valence-corrected chi connectivity index (χ3v) is 4.01. The second-order valence-corrected chi connectivity index (χ2v) is 5.94. The zero-order chi connectivity index (χ0) is 15.2. The first-order valence-corrected chi connectivity index (χ1v) is 7.90. The molecule has 0 heterocycles. The number of hydrogen-bond donors (Lipinski definition) is 2. The first-order valence-electron chi connectivity index (χ1n) is 7.90. The zero-order valence-electron chi connectivity index (χ0n) is 13.0. The molecule has 1 fully saturated rings. The van der Waals surface area contributed by atoms with E-state index in [1.54, 1.807) is 0 Å². The van der Waals surface area contributed by atoms with Gasteiger partial charge in [-0.3, -0.25) is 4.79 Å². The molecule has 0 bridgehead atoms. The molecule has 4 nitrogen and oxygen atoms in total. The molecule has 1 amide bonds. The predicted octanol–water partition coefficient (Wildman–Crippen LogP) is 3.24. The average molecular weight is 290 g/mol. The van der Waals surface area contributed by atoms with Gasteiger partial charge >= 0.3 is 0 Å². The van der Waals surface area contributed by atoms with Crippen molar-refractivity contribution < 1.29 is 9.53 Å². The van der Waals surface area contributed by atoms with Crippen LogP contribution in [-0.4, -0.2) is 18.6 Å². The maximum Gasteiger partial charge on any atom is 0.227 e. The molecule has 2 atom stereocenters. The summed E-state index contributed by atoms with van der Waals surface area (Å²) < 4.78 is 5.60. The molecule has 0 aliphatic heterocycles. The molecule has 116 valence electrons. The third-order valence-electron chi connectivity index (χ3n) is 4.01. The van der Waals surface area contributed by atoms with Gasteiger partial charge in [-0.2, -0.15) is 0 Å². The number of ether oxygens (including phenoxy) is 1. The van der Waals surface area contributed by atoms with Gasteiger partial charge in [0, 0.05) is 17.6 Å². The van der Waals surface area contributed by atoms with Crippen molar-refractivity contribution in [3.8, 4) is 5.75 Å².